The Bertz CT molecular complexity index is 409. The molecule has 0 aromatic heterocycles. The zero-order chi connectivity index (χ0) is 12.1. The SMILES string of the molecule is CC(=O)Oc1cc(C)cc(CCC(=O)O)c1. The third kappa shape index (κ3) is 4.13. The number of carboxylic acids is 1. The molecular formula is C12H14O4. The number of rotatable bonds is 4. The van der Waals surface area contributed by atoms with Crippen LogP contribution in [0.3, 0.4) is 0 Å². The number of carboxylic acid groups (broad SMARTS) is 1. The van der Waals surface area contributed by atoms with Crippen molar-refractivity contribution in [1.29, 1.82) is 0 Å². The van der Waals surface area contributed by atoms with Crippen LogP contribution in [0.2, 0.25) is 0 Å². The normalized spacial score (nSPS) is 9.88. The summed E-state index contributed by atoms with van der Waals surface area (Å²) in [5, 5.41) is 8.57. The van der Waals surface area contributed by atoms with E-state index in [1.54, 1.807) is 12.1 Å². The van der Waals surface area contributed by atoms with Gasteiger partial charge in [0.05, 0.1) is 0 Å². The van der Waals surface area contributed by atoms with Gasteiger partial charge in [-0.3, -0.25) is 9.59 Å². The highest BCUT2D eigenvalue weighted by Crippen LogP contribution is 2.18. The van der Waals surface area contributed by atoms with Crippen LogP contribution in [-0.4, -0.2) is 17.0 Å². The van der Waals surface area contributed by atoms with Gasteiger partial charge in [0, 0.05) is 13.3 Å². The smallest absolute Gasteiger partial charge is 0.308 e. The summed E-state index contributed by atoms with van der Waals surface area (Å²) in [6, 6.07) is 5.32. The molecule has 0 spiro atoms. The minimum atomic E-state index is -0.837. The molecule has 0 unspecified atom stereocenters. The standard InChI is InChI=1S/C12H14O4/c1-8-5-10(3-4-12(14)15)7-11(6-8)16-9(2)13/h5-7H,3-4H2,1-2H3,(H,14,15). The van der Waals surface area contributed by atoms with E-state index in [1.807, 2.05) is 13.0 Å². The lowest BCUT2D eigenvalue weighted by atomic mass is 10.1. The fourth-order valence-corrected chi connectivity index (χ4v) is 1.45. The first-order chi connectivity index (χ1) is 7.47. The van der Waals surface area contributed by atoms with E-state index in [2.05, 4.69) is 0 Å². The highest BCUT2D eigenvalue weighted by Gasteiger charge is 2.04. The molecule has 0 fully saturated rings. The molecule has 0 aliphatic heterocycles. The molecule has 1 aromatic carbocycles. The molecule has 0 atom stereocenters. The second-order valence-electron chi connectivity index (χ2n) is 3.64. The number of carbonyl (C=O) groups excluding carboxylic acids is 1. The second-order valence-corrected chi connectivity index (χ2v) is 3.64. The van der Waals surface area contributed by atoms with Crippen molar-refractivity contribution >= 4 is 11.9 Å². The Hall–Kier alpha value is -1.84. The van der Waals surface area contributed by atoms with Crippen LogP contribution in [0.15, 0.2) is 18.2 Å². The van der Waals surface area contributed by atoms with E-state index in [9.17, 15) is 9.59 Å². The molecule has 16 heavy (non-hydrogen) atoms. The lowest BCUT2D eigenvalue weighted by Crippen LogP contribution is -2.03. The van der Waals surface area contributed by atoms with Gasteiger partial charge in [0.25, 0.3) is 0 Å². The predicted octanol–water partition coefficient (Wildman–Crippen LogP) is 1.94. The van der Waals surface area contributed by atoms with E-state index in [0.29, 0.717) is 12.2 Å². The van der Waals surface area contributed by atoms with Crippen molar-refractivity contribution in [2.75, 3.05) is 0 Å². The zero-order valence-electron chi connectivity index (χ0n) is 9.32. The topological polar surface area (TPSA) is 63.6 Å². The lowest BCUT2D eigenvalue weighted by Gasteiger charge is -2.06. The van der Waals surface area contributed by atoms with Crippen molar-refractivity contribution in [2.24, 2.45) is 0 Å². The Balaban J connectivity index is 2.80. The predicted molar refractivity (Wildman–Crippen MR) is 58.4 cm³/mol. The molecule has 1 aromatic rings. The van der Waals surface area contributed by atoms with Gasteiger partial charge in [-0.25, -0.2) is 0 Å². The molecule has 0 heterocycles. The van der Waals surface area contributed by atoms with Crippen molar-refractivity contribution in [2.45, 2.75) is 26.7 Å². The number of carbonyl (C=O) groups is 2. The minimum absolute atomic E-state index is 0.0724. The Morgan fingerprint density at radius 1 is 1.31 bits per heavy atom. The van der Waals surface area contributed by atoms with E-state index in [1.165, 1.54) is 6.92 Å². The van der Waals surface area contributed by atoms with E-state index in [0.717, 1.165) is 11.1 Å². The third-order valence-electron chi connectivity index (χ3n) is 2.00. The molecule has 0 aliphatic rings. The largest absolute Gasteiger partial charge is 0.481 e. The number of aryl methyl sites for hydroxylation is 2. The monoisotopic (exact) mass is 222 g/mol. The van der Waals surface area contributed by atoms with Crippen molar-refractivity contribution < 1.29 is 19.4 Å². The average molecular weight is 222 g/mol. The maximum atomic E-state index is 10.8. The van der Waals surface area contributed by atoms with Crippen LogP contribution in [0.1, 0.15) is 24.5 Å². The van der Waals surface area contributed by atoms with Crippen LogP contribution in [0, 0.1) is 6.92 Å². The van der Waals surface area contributed by atoms with Crippen molar-refractivity contribution in [3.05, 3.63) is 29.3 Å². The summed E-state index contributed by atoms with van der Waals surface area (Å²) in [5.74, 6) is -0.752. The fourth-order valence-electron chi connectivity index (χ4n) is 1.45. The van der Waals surface area contributed by atoms with Crippen molar-refractivity contribution in [1.82, 2.24) is 0 Å². The summed E-state index contributed by atoms with van der Waals surface area (Å²) in [4.78, 5) is 21.2. The number of hydrogen-bond donors (Lipinski definition) is 1. The molecular weight excluding hydrogens is 208 g/mol. The van der Waals surface area contributed by atoms with Crippen molar-refractivity contribution in [3.63, 3.8) is 0 Å². The number of hydrogen-bond acceptors (Lipinski definition) is 3. The van der Waals surface area contributed by atoms with Gasteiger partial charge in [-0.05, 0) is 36.6 Å². The third-order valence-corrected chi connectivity index (χ3v) is 2.00. The molecule has 1 N–H and O–H groups in total. The van der Waals surface area contributed by atoms with Gasteiger partial charge < -0.3 is 9.84 Å². The summed E-state index contributed by atoms with van der Waals surface area (Å²) in [6.45, 7) is 3.20. The number of esters is 1. The van der Waals surface area contributed by atoms with E-state index < -0.39 is 5.97 Å². The fraction of sp³-hybridized carbons (Fsp3) is 0.333. The highest BCUT2D eigenvalue weighted by molar-refractivity contribution is 5.69. The molecule has 0 saturated carbocycles. The summed E-state index contributed by atoms with van der Waals surface area (Å²) < 4.78 is 4.96. The second kappa shape index (κ2) is 5.30. The summed E-state index contributed by atoms with van der Waals surface area (Å²) in [5.41, 5.74) is 1.80. The molecule has 4 nitrogen and oxygen atoms in total. The summed E-state index contributed by atoms with van der Waals surface area (Å²) in [7, 11) is 0. The Labute approximate surface area is 93.9 Å². The number of benzene rings is 1. The molecule has 0 amide bonds. The first kappa shape index (κ1) is 12.2. The molecule has 0 aliphatic carbocycles. The van der Waals surface area contributed by atoms with Gasteiger partial charge in [-0.2, -0.15) is 0 Å². The molecule has 86 valence electrons. The van der Waals surface area contributed by atoms with Gasteiger partial charge in [-0.1, -0.05) is 6.07 Å². The molecule has 0 saturated heterocycles. The van der Waals surface area contributed by atoms with Crippen LogP contribution in [-0.2, 0) is 16.0 Å². The van der Waals surface area contributed by atoms with Crippen LogP contribution in [0.25, 0.3) is 0 Å². The quantitative estimate of drug-likeness (QED) is 0.624. The number of ether oxygens (including phenoxy) is 1. The van der Waals surface area contributed by atoms with Gasteiger partial charge in [0.2, 0.25) is 0 Å². The van der Waals surface area contributed by atoms with E-state index in [-0.39, 0.29) is 12.4 Å². The van der Waals surface area contributed by atoms with Gasteiger partial charge >= 0.3 is 11.9 Å². The van der Waals surface area contributed by atoms with Crippen LogP contribution in [0.4, 0.5) is 0 Å². The highest BCUT2D eigenvalue weighted by atomic mass is 16.5. The Morgan fingerprint density at radius 3 is 2.56 bits per heavy atom. The molecule has 4 heteroatoms. The Morgan fingerprint density at radius 2 is 2.00 bits per heavy atom. The average Bonchev–Trinajstić information content (AvgIpc) is 2.12. The Kier molecular flexibility index (Phi) is 4.05. The molecule has 0 radical (unpaired) electrons. The molecule has 1 rings (SSSR count). The van der Waals surface area contributed by atoms with Crippen LogP contribution in [0.5, 0.6) is 5.75 Å². The minimum Gasteiger partial charge on any atom is -0.481 e. The van der Waals surface area contributed by atoms with Gasteiger partial charge in [0.15, 0.2) is 0 Å². The first-order valence-corrected chi connectivity index (χ1v) is 4.98. The van der Waals surface area contributed by atoms with E-state index >= 15 is 0 Å². The molecule has 0 bridgehead atoms. The summed E-state index contributed by atoms with van der Waals surface area (Å²) >= 11 is 0. The van der Waals surface area contributed by atoms with Crippen LogP contribution < -0.4 is 4.74 Å². The first-order valence-electron chi connectivity index (χ1n) is 4.98. The van der Waals surface area contributed by atoms with Crippen LogP contribution >= 0.6 is 0 Å². The van der Waals surface area contributed by atoms with Crippen molar-refractivity contribution in [3.8, 4) is 5.75 Å². The van der Waals surface area contributed by atoms with E-state index in [4.69, 9.17) is 9.84 Å². The maximum Gasteiger partial charge on any atom is 0.308 e. The lowest BCUT2D eigenvalue weighted by molar-refractivity contribution is -0.137. The number of aliphatic carboxylic acids is 1. The van der Waals surface area contributed by atoms with Gasteiger partial charge in [-0.15, -0.1) is 0 Å². The summed E-state index contributed by atoms with van der Waals surface area (Å²) in [6.07, 6.45) is 0.508. The zero-order valence-corrected chi connectivity index (χ0v) is 9.32. The van der Waals surface area contributed by atoms with Gasteiger partial charge in [0.1, 0.15) is 5.75 Å². The maximum absolute atomic E-state index is 10.8.